The van der Waals surface area contributed by atoms with E-state index in [9.17, 15) is 21.6 Å². The second-order valence-electron chi connectivity index (χ2n) is 4.98. The van der Waals surface area contributed by atoms with Crippen molar-refractivity contribution >= 4 is 10.1 Å². The first-order valence-corrected chi connectivity index (χ1v) is 10.2. The van der Waals surface area contributed by atoms with Crippen molar-refractivity contribution in [3.63, 3.8) is 0 Å². The predicted octanol–water partition coefficient (Wildman–Crippen LogP) is 0.269. The molecule has 21 heavy (non-hydrogen) atoms. The molecule has 0 amide bonds. The van der Waals surface area contributed by atoms with Gasteiger partial charge in [-0.15, -0.1) is 0 Å². The van der Waals surface area contributed by atoms with Crippen LogP contribution in [0.25, 0.3) is 0 Å². The van der Waals surface area contributed by atoms with Crippen LogP contribution < -0.4 is 20.2 Å². The molecular weight excluding hydrogens is 420 g/mol. The number of rotatable bonds is 3. The molecule has 0 spiro atoms. The monoisotopic (exact) mass is 434 g/mol. The summed E-state index contributed by atoms with van der Waals surface area (Å²) in [5, 5.41) is 0. The Kier molecular flexibility index (Phi) is 5.69. The van der Waals surface area contributed by atoms with E-state index in [1.807, 2.05) is 0 Å². The first kappa shape index (κ1) is 18.3. The molecule has 0 bridgehead atoms. The van der Waals surface area contributed by atoms with E-state index < -0.39 is 41.3 Å². The van der Waals surface area contributed by atoms with Crippen molar-refractivity contribution in [2.75, 3.05) is 0 Å². The smallest absolute Gasteiger partial charge is 0.186 e. The average Bonchev–Trinajstić information content (AvgIpc) is 2.33. The van der Waals surface area contributed by atoms with Gasteiger partial charge in [-0.2, -0.15) is 21.6 Å². The number of alkyl halides is 3. The highest BCUT2D eigenvalue weighted by Crippen LogP contribution is 2.22. The molecule has 0 aliphatic carbocycles. The molecule has 0 aliphatic heterocycles. The van der Waals surface area contributed by atoms with Crippen LogP contribution in [0.15, 0.2) is 30.3 Å². The molecule has 0 atom stereocenters. The van der Waals surface area contributed by atoms with Gasteiger partial charge in [-0.05, 0) is 41.3 Å². The van der Waals surface area contributed by atoms with Crippen LogP contribution in [0.4, 0.5) is 13.2 Å². The lowest BCUT2D eigenvalue weighted by Gasteiger charge is -2.07. The molecule has 0 aliphatic rings. The van der Waals surface area contributed by atoms with E-state index in [0.717, 1.165) is 0 Å². The Morgan fingerprint density at radius 1 is 1.10 bits per heavy atom. The summed E-state index contributed by atoms with van der Waals surface area (Å²) in [5.41, 5.74) is -5.91. The molecule has 0 fully saturated rings. The summed E-state index contributed by atoms with van der Waals surface area (Å²) in [6.45, 7) is 5.33. The lowest BCUT2D eigenvalue weighted by atomic mass is 9.99. The van der Waals surface area contributed by atoms with Crippen LogP contribution in [0.2, 0.25) is 0 Å². The van der Waals surface area contributed by atoms with Crippen molar-refractivity contribution in [1.29, 1.82) is 0 Å². The van der Waals surface area contributed by atoms with Crippen LogP contribution in [0.5, 0.6) is 0 Å². The van der Waals surface area contributed by atoms with Crippen LogP contribution in [0, 0.1) is 18.8 Å². The van der Waals surface area contributed by atoms with Crippen molar-refractivity contribution in [1.82, 2.24) is 0 Å². The maximum absolute atomic E-state index is 12.4. The van der Waals surface area contributed by atoms with Gasteiger partial charge in [0.25, 0.3) is 0 Å². The minimum Gasteiger partial charge on any atom is -0.186 e. The maximum atomic E-state index is 12.4. The number of hydrogen-bond acceptors (Lipinski definition) is 3. The van der Waals surface area contributed by atoms with Crippen LogP contribution >= 0.6 is 0 Å². The Labute approximate surface area is 129 Å². The SMILES string of the molecule is CC(C)(C)C#C[I+](OS(=O)(=O)C(F)(F)F)c1ccccc1. The third-order valence-electron chi connectivity index (χ3n) is 1.87. The first-order valence-electron chi connectivity index (χ1n) is 5.71. The summed E-state index contributed by atoms with van der Waals surface area (Å²) in [4.78, 5) is 0. The topological polar surface area (TPSA) is 43.4 Å². The normalized spacial score (nSPS) is 12.9. The molecule has 0 saturated carbocycles. The number of hydrogen-bond donors (Lipinski definition) is 0. The summed E-state index contributed by atoms with van der Waals surface area (Å²) in [5.74, 6) is 2.76. The number of benzene rings is 1. The number of halogens is 4. The van der Waals surface area contributed by atoms with Crippen molar-refractivity contribution in [3.05, 3.63) is 33.9 Å². The van der Waals surface area contributed by atoms with E-state index in [0.29, 0.717) is 3.57 Å². The Morgan fingerprint density at radius 2 is 1.62 bits per heavy atom. The predicted molar refractivity (Wildman–Crippen MR) is 68.4 cm³/mol. The van der Waals surface area contributed by atoms with Crippen molar-refractivity contribution in [2.45, 2.75) is 26.3 Å². The molecule has 0 heterocycles. The van der Waals surface area contributed by atoms with Crippen molar-refractivity contribution < 1.29 is 44.3 Å². The molecule has 117 valence electrons. The van der Waals surface area contributed by atoms with E-state index in [4.69, 9.17) is 0 Å². The average molecular weight is 434 g/mol. The molecular formula is C13H14F3IO3S+. The van der Waals surface area contributed by atoms with Gasteiger partial charge in [0, 0.05) is 5.41 Å². The molecule has 1 rings (SSSR count). The van der Waals surface area contributed by atoms with E-state index >= 15 is 0 Å². The highest BCUT2D eigenvalue weighted by Gasteiger charge is 2.53. The van der Waals surface area contributed by atoms with Gasteiger partial charge in [-0.1, -0.05) is 18.2 Å². The van der Waals surface area contributed by atoms with Gasteiger partial charge in [-0.25, -0.2) is 0 Å². The fraction of sp³-hybridized carbons (Fsp3) is 0.385. The van der Waals surface area contributed by atoms with Crippen LogP contribution in [0.1, 0.15) is 20.8 Å². The largest absolute Gasteiger partial charge is 0.526 e. The minimum absolute atomic E-state index is 0.395. The molecule has 1 aromatic carbocycles. The zero-order valence-corrected chi connectivity index (χ0v) is 14.5. The highest BCUT2D eigenvalue weighted by molar-refractivity contribution is 7.87. The maximum Gasteiger partial charge on any atom is 0.526 e. The summed E-state index contributed by atoms with van der Waals surface area (Å²) in [7, 11) is -5.65. The van der Waals surface area contributed by atoms with Crippen molar-refractivity contribution in [3.8, 4) is 9.85 Å². The fourth-order valence-corrected chi connectivity index (χ4v) is 6.64. The standard InChI is InChI=1S/C13H14F3IO3S/c1-12(2,3)9-10-17(11-7-5-4-6-8-11)20-21(18,19)13(14,15)16/h4-8H,1-3H3/q+1. The Bertz CT molecular complexity index is 637. The van der Waals surface area contributed by atoms with Crippen molar-refractivity contribution in [2.24, 2.45) is 5.41 Å². The highest BCUT2D eigenvalue weighted by atomic mass is 127. The molecule has 3 nitrogen and oxygen atoms in total. The molecule has 0 N–H and O–H groups in total. The van der Waals surface area contributed by atoms with Crippen LogP contribution in [-0.4, -0.2) is 13.9 Å². The van der Waals surface area contributed by atoms with Gasteiger partial charge < -0.3 is 0 Å². The Morgan fingerprint density at radius 3 is 2.05 bits per heavy atom. The molecule has 0 saturated heterocycles. The molecule has 8 heteroatoms. The van der Waals surface area contributed by atoms with E-state index in [-0.39, 0.29) is 0 Å². The summed E-state index contributed by atoms with van der Waals surface area (Å²) >= 11 is -3.29. The minimum atomic E-state index is -5.65. The van der Waals surface area contributed by atoms with Crippen LogP contribution in [-0.2, 0) is 12.6 Å². The molecule has 0 unspecified atom stereocenters. The quantitative estimate of drug-likeness (QED) is 0.390. The fourth-order valence-electron chi connectivity index (χ4n) is 0.939. The van der Waals surface area contributed by atoms with Gasteiger partial charge in [0.15, 0.2) is 7.50 Å². The van der Waals surface area contributed by atoms with E-state index in [2.05, 4.69) is 12.4 Å². The van der Waals surface area contributed by atoms with Gasteiger partial charge in [-0.3, -0.25) is 0 Å². The third-order valence-corrected chi connectivity index (χ3v) is 7.84. The van der Waals surface area contributed by atoms with Gasteiger partial charge in [0.05, 0.1) is 0 Å². The lowest BCUT2D eigenvalue weighted by molar-refractivity contribution is -0.989. The van der Waals surface area contributed by atoms with Gasteiger partial charge in [0.2, 0.25) is 0 Å². The zero-order valence-electron chi connectivity index (χ0n) is 11.5. The van der Waals surface area contributed by atoms with E-state index in [1.54, 1.807) is 39.0 Å². The van der Waals surface area contributed by atoms with Gasteiger partial charge >= 0.3 is 35.9 Å². The molecule has 0 aromatic heterocycles. The first-order chi connectivity index (χ1) is 9.42. The lowest BCUT2D eigenvalue weighted by Crippen LogP contribution is -3.84. The zero-order chi connectivity index (χ0) is 16.3. The summed E-state index contributed by atoms with van der Waals surface area (Å²) in [6.07, 6.45) is 0. The Balaban J connectivity index is 3.19. The van der Waals surface area contributed by atoms with E-state index in [1.165, 1.54) is 12.1 Å². The third kappa shape index (κ3) is 5.84. The summed E-state index contributed by atoms with van der Waals surface area (Å²) < 4.78 is 67.1. The van der Waals surface area contributed by atoms with Gasteiger partial charge in [0.1, 0.15) is 0 Å². The molecule has 1 aromatic rings. The second-order valence-corrected chi connectivity index (χ2v) is 10.8. The van der Waals surface area contributed by atoms with Crippen LogP contribution in [0.3, 0.4) is 0 Å². The summed E-state index contributed by atoms with van der Waals surface area (Å²) in [6, 6.07) is 7.92. The Hall–Kier alpha value is -0.790. The molecule has 1 radical (unpaired) electrons. The second kappa shape index (κ2) is 6.54.